The molecule has 0 bridgehead atoms. The lowest BCUT2D eigenvalue weighted by Gasteiger charge is -2.16. The SMILES string of the molecule is CCCCOc1c(OC)cc(OCCCBr)c2ccccc12. The van der Waals surface area contributed by atoms with Crippen LogP contribution >= 0.6 is 15.9 Å². The first-order chi connectivity index (χ1) is 10.8. The molecular formula is C18H23BrO3. The topological polar surface area (TPSA) is 27.7 Å². The van der Waals surface area contributed by atoms with Crippen LogP contribution in [0.2, 0.25) is 0 Å². The van der Waals surface area contributed by atoms with E-state index in [4.69, 9.17) is 14.2 Å². The summed E-state index contributed by atoms with van der Waals surface area (Å²) < 4.78 is 17.4. The van der Waals surface area contributed by atoms with E-state index in [0.717, 1.165) is 52.6 Å². The third-order valence-corrected chi connectivity index (χ3v) is 3.98. The summed E-state index contributed by atoms with van der Waals surface area (Å²) in [5.74, 6) is 2.37. The van der Waals surface area contributed by atoms with E-state index in [-0.39, 0.29) is 0 Å². The van der Waals surface area contributed by atoms with E-state index in [0.29, 0.717) is 13.2 Å². The molecule has 22 heavy (non-hydrogen) atoms. The zero-order chi connectivity index (χ0) is 15.8. The standard InChI is InChI=1S/C18H23BrO3/c1-3-4-11-22-18-15-9-6-5-8-14(15)16(13-17(18)20-2)21-12-7-10-19/h5-6,8-9,13H,3-4,7,10-12H2,1-2H3. The lowest BCUT2D eigenvalue weighted by atomic mass is 10.1. The van der Waals surface area contributed by atoms with Gasteiger partial charge in [-0.2, -0.15) is 0 Å². The van der Waals surface area contributed by atoms with Gasteiger partial charge in [0.15, 0.2) is 11.5 Å². The molecule has 2 rings (SSSR count). The monoisotopic (exact) mass is 366 g/mol. The highest BCUT2D eigenvalue weighted by Crippen LogP contribution is 2.41. The van der Waals surface area contributed by atoms with E-state index in [1.807, 2.05) is 18.2 Å². The summed E-state index contributed by atoms with van der Waals surface area (Å²) in [5, 5.41) is 3.02. The van der Waals surface area contributed by atoms with Crippen LogP contribution in [-0.4, -0.2) is 25.7 Å². The fraction of sp³-hybridized carbons (Fsp3) is 0.444. The predicted molar refractivity (Wildman–Crippen MR) is 94.8 cm³/mol. The number of unbranched alkanes of at least 4 members (excludes halogenated alkanes) is 1. The van der Waals surface area contributed by atoms with Crippen LogP contribution in [-0.2, 0) is 0 Å². The number of ether oxygens (including phenoxy) is 3. The number of rotatable bonds is 9. The van der Waals surface area contributed by atoms with Crippen molar-refractivity contribution in [2.75, 3.05) is 25.7 Å². The van der Waals surface area contributed by atoms with Crippen molar-refractivity contribution in [1.82, 2.24) is 0 Å². The molecule has 0 saturated heterocycles. The average molecular weight is 367 g/mol. The van der Waals surface area contributed by atoms with Crippen LogP contribution in [0.3, 0.4) is 0 Å². The molecule has 0 unspecified atom stereocenters. The van der Waals surface area contributed by atoms with Crippen molar-refractivity contribution in [1.29, 1.82) is 0 Å². The van der Waals surface area contributed by atoms with Crippen LogP contribution < -0.4 is 14.2 Å². The zero-order valence-electron chi connectivity index (χ0n) is 13.2. The normalized spacial score (nSPS) is 10.7. The minimum atomic E-state index is 0.675. The van der Waals surface area contributed by atoms with Gasteiger partial charge in [-0.05, 0) is 12.8 Å². The highest BCUT2D eigenvalue weighted by molar-refractivity contribution is 9.09. The first kappa shape index (κ1) is 16.9. The predicted octanol–water partition coefficient (Wildman–Crippen LogP) is 5.19. The van der Waals surface area contributed by atoms with E-state index < -0.39 is 0 Å². The summed E-state index contributed by atoms with van der Waals surface area (Å²) in [7, 11) is 1.67. The van der Waals surface area contributed by atoms with Crippen LogP contribution in [0.25, 0.3) is 10.8 Å². The van der Waals surface area contributed by atoms with Gasteiger partial charge in [-0.25, -0.2) is 0 Å². The molecule has 0 aliphatic carbocycles. The van der Waals surface area contributed by atoms with E-state index >= 15 is 0 Å². The van der Waals surface area contributed by atoms with Crippen molar-refractivity contribution in [3.63, 3.8) is 0 Å². The summed E-state index contributed by atoms with van der Waals surface area (Å²) >= 11 is 3.42. The maximum Gasteiger partial charge on any atom is 0.169 e. The molecule has 2 aromatic rings. The van der Waals surface area contributed by atoms with Crippen LogP contribution in [0.5, 0.6) is 17.2 Å². The Balaban J connectivity index is 2.39. The van der Waals surface area contributed by atoms with E-state index in [1.54, 1.807) is 7.11 Å². The zero-order valence-corrected chi connectivity index (χ0v) is 14.8. The molecule has 0 aromatic heterocycles. The molecule has 3 nitrogen and oxygen atoms in total. The molecule has 0 aliphatic rings. The van der Waals surface area contributed by atoms with Gasteiger partial charge in [-0.1, -0.05) is 53.5 Å². The molecule has 0 radical (unpaired) electrons. The Hall–Kier alpha value is -1.42. The summed E-state index contributed by atoms with van der Waals surface area (Å²) in [6.07, 6.45) is 3.10. The Morgan fingerprint density at radius 3 is 2.36 bits per heavy atom. The molecule has 4 heteroatoms. The highest BCUT2D eigenvalue weighted by atomic mass is 79.9. The van der Waals surface area contributed by atoms with Gasteiger partial charge < -0.3 is 14.2 Å². The molecule has 0 spiro atoms. The van der Waals surface area contributed by atoms with Gasteiger partial charge >= 0.3 is 0 Å². The Bertz CT molecular complexity index is 598. The van der Waals surface area contributed by atoms with Crippen molar-refractivity contribution in [2.24, 2.45) is 0 Å². The first-order valence-corrected chi connectivity index (χ1v) is 8.85. The largest absolute Gasteiger partial charge is 0.493 e. The van der Waals surface area contributed by atoms with Crippen molar-refractivity contribution in [3.8, 4) is 17.2 Å². The molecule has 0 atom stereocenters. The number of alkyl halides is 1. The van der Waals surface area contributed by atoms with Gasteiger partial charge in [-0.15, -0.1) is 0 Å². The molecule has 120 valence electrons. The molecule has 0 aliphatic heterocycles. The molecule has 0 amide bonds. The third-order valence-electron chi connectivity index (χ3n) is 3.42. The number of fused-ring (bicyclic) bond motifs is 1. The van der Waals surface area contributed by atoms with Crippen LogP contribution in [0, 0.1) is 0 Å². The van der Waals surface area contributed by atoms with Crippen LogP contribution in [0.15, 0.2) is 30.3 Å². The van der Waals surface area contributed by atoms with Gasteiger partial charge in [-0.3, -0.25) is 0 Å². The second-order valence-corrected chi connectivity index (χ2v) is 5.84. The second-order valence-electron chi connectivity index (χ2n) is 5.04. The first-order valence-electron chi connectivity index (χ1n) is 7.73. The number of halogens is 1. The molecular weight excluding hydrogens is 344 g/mol. The number of hydrogen-bond donors (Lipinski definition) is 0. The van der Waals surface area contributed by atoms with Crippen LogP contribution in [0.4, 0.5) is 0 Å². The third kappa shape index (κ3) is 4.07. The van der Waals surface area contributed by atoms with Crippen LogP contribution in [0.1, 0.15) is 26.2 Å². The number of methoxy groups -OCH3 is 1. The van der Waals surface area contributed by atoms with Gasteiger partial charge in [0.25, 0.3) is 0 Å². The summed E-state index contributed by atoms with van der Waals surface area (Å²) in [4.78, 5) is 0. The van der Waals surface area contributed by atoms with Gasteiger partial charge in [0.2, 0.25) is 0 Å². The lowest BCUT2D eigenvalue weighted by molar-refractivity contribution is 0.288. The number of hydrogen-bond acceptors (Lipinski definition) is 3. The Morgan fingerprint density at radius 2 is 1.68 bits per heavy atom. The van der Waals surface area contributed by atoms with Crippen molar-refractivity contribution in [3.05, 3.63) is 30.3 Å². The molecule has 0 fully saturated rings. The molecule has 2 aromatic carbocycles. The average Bonchev–Trinajstić information content (AvgIpc) is 2.56. The van der Waals surface area contributed by atoms with Crippen molar-refractivity contribution in [2.45, 2.75) is 26.2 Å². The quantitative estimate of drug-likeness (QED) is 0.451. The fourth-order valence-electron chi connectivity index (χ4n) is 2.27. The molecule has 0 N–H and O–H groups in total. The maximum atomic E-state index is 5.97. The summed E-state index contributed by atoms with van der Waals surface area (Å²) in [6, 6.07) is 10.1. The van der Waals surface area contributed by atoms with E-state index in [2.05, 4.69) is 35.0 Å². The lowest BCUT2D eigenvalue weighted by Crippen LogP contribution is -2.02. The van der Waals surface area contributed by atoms with E-state index in [9.17, 15) is 0 Å². The maximum absolute atomic E-state index is 5.97. The molecule has 0 heterocycles. The Kier molecular flexibility index (Phi) is 6.84. The van der Waals surface area contributed by atoms with E-state index in [1.165, 1.54) is 0 Å². The Labute approximate surface area is 140 Å². The van der Waals surface area contributed by atoms with Crippen molar-refractivity contribution >= 4 is 26.7 Å². The highest BCUT2D eigenvalue weighted by Gasteiger charge is 2.14. The van der Waals surface area contributed by atoms with Gasteiger partial charge in [0.1, 0.15) is 5.75 Å². The Morgan fingerprint density at radius 1 is 0.955 bits per heavy atom. The fourth-order valence-corrected chi connectivity index (χ4v) is 2.50. The van der Waals surface area contributed by atoms with Gasteiger partial charge in [0.05, 0.1) is 20.3 Å². The summed E-state index contributed by atoms with van der Waals surface area (Å²) in [5.41, 5.74) is 0. The smallest absolute Gasteiger partial charge is 0.169 e. The van der Waals surface area contributed by atoms with Gasteiger partial charge in [0, 0.05) is 22.2 Å². The van der Waals surface area contributed by atoms with Crippen molar-refractivity contribution < 1.29 is 14.2 Å². The number of benzene rings is 2. The minimum Gasteiger partial charge on any atom is -0.493 e. The molecule has 0 saturated carbocycles. The summed E-state index contributed by atoms with van der Waals surface area (Å²) in [6.45, 7) is 3.52. The second kappa shape index (κ2) is 8.89. The minimum absolute atomic E-state index is 0.675.